The molecule has 2 aromatic carbocycles. The zero-order valence-corrected chi connectivity index (χ0v) is 23.4. The number of fused-ring (bicyclic) bond motifs is 2. The van der Waals surface area contributed by atoms with E-state index in [1.165, 1.54) is 19.3 Å². The summed E-state index contributed by atoms with van der Waals surface area (Å²) in [5.74, 6) is 0.242. The van der Waals surface area contributed by atoms with E-state index in [1.54, 1.807) is 6.92 Å². The lowest BCUT2D eigenvalue weighted by atomic mass is 9.83. The van der Waals surface area contributed by atoms with Gasteiger partial charge in [0.2, 0.25) is 6.79 Å². The molecule has 1 fully saturated rings. The Hall–Kier alpha value is -4.07. The molecule has 8 nitrogen and oxygen atoms in total. The summed E-state index contributed by atoms with van der Waals surface area (Å²) in [7, 11) is 0. The third-order valence-corrected chi connectivity index (χ3v) is 8.44. The van der Waals surface area contributed by atoms with Gasteiger partial charge in [-0.3, -0.25) is 9.78 Å². The third-order valence-electron chi connectivity index (χ3n) is 8.44. The van der Waals surface area contributed by atoms with Gasteiger partial charge in [0.05, 0.1) is 29.6 Å². The topological polar surface area (TPSA) is 98.2 Å². The molecule has 3 aliphatic rings. The molecule has 1 unspecified atom stereocenters. The number of carbonyl (C=O) groups excluding carboxylic acids is 2. The Balaban J connectivity index is 1.47. The molecule has 1 amide bonds. The Labute approximate surface area is 240 Å². The zero-order valence-electron chi connectivity index (χ0n) is 23.4. The third kappa shape index (κ3) is 5.35. The second kappa shape index (κ2) is 11.8. The number of ether oxygens (including phenoxy) is 3. The van der Waals surface area contributed by atoms with E-state index in [9.17, 15) is 14.7 Å². The molecule has 6 rings (SSSR count). The van der Waals surface area contributed by atoms with Crippen LogP contribution in [0.25, 0.3) is 0 Å². The predicted octanol–water partition coefficient (Wildman–Crippen LogP) is 6.34. The van der Waals surface area contributed by atoms with E-state index in [4.69, 9.17) is 19.2 Å². The molecule has 1 N–H and O–H groups in total. The fraction of sp³-hybridized carbons (Fsp3) is 0.424. The molecule has 8 heteroatoms. The minimum absolute atomic E-state index is 0.0724. The summed E-state index contributed by atoms with van der Waals surface area (Å²) in [5.41, 5.74) is 2.91. The molecule has 1 atom stereocenters. The van der Waals surface area contributed by atoms with Gasteiger partial charge in [-0.25, -0.2) is 4.79 Å². The maximum atomic E-state index is 14.3. The Morgan fingerprint density at radius 1 is 1.00 bits per heavy atom. The standard InChI is InChI=1S/C33H36N2O6/c1-2-39-33(38)28-27-29(34-24(31(28)36)17-21-11-7-6-8-12-21)30(23-13-9-4-3-5-10-14-23)35(32(27)37)19-22-15-16-25-26(18-22)41-20-40-25/h6-8,11-12,15-16,18,23,30,36H,2-5,9-10,13-14,17,19-20H2,1H3. The maximum absolute atomic E-state index is 14.3. The van der Waals surface area contributed by atoms with Crippen LogP contribution in [0.1, 0.15) is 101 Å². The number of pyridine rings is 1. The fourth-order valence-corrected chi connectivity index (χ4v) is 6.49. The average molecular weight is 557 g/mol. The number of rotatable bonds is 7. The van der Waals surface area contributed by atoms with Crippen LogP contribution in [0.3, 0.4) is 0 Å². The number of hydrogen-bond donors (Lipinski definition) is 1. The summed E-state index contributed by atoms with van der Waals surface area (Å²) >= 11 is 0. The van der Waals surface area contributed by atoms with E-state index < -0.39 is 5.97 Å². The van der Waals surface area contributed by atoms with Gasteiger partial charge < -0.3 is 24.2 Å². The number of aromatic nitrogens is 1. The van der Waals surface area contributed by atoms with Crippen molar-refractivity contribution in [2.24, 2.45) is 5.92 Å². The highest BCUT2D eigenvalue weighted by Gasteiger charge is 2.46. The SMILES string of the molecule is CCOC(=O)c1c(O)c(Cc2ccccc2)nc2c1C(=O)N(Cc1ccc3c(c1)OCO3)C2C1CCCCCCC1. The second-order valence-corrected chi connectivity index (χ2v) is 11.1. The van der Waals surface area contributed by atoms with E-state index in [0.717, 1.165) is 36.8 Å². The minimum Gasteiger partial charge on any atom is -0.505 e. The van der Waals surface area contributed by atoms with Crippen LogP contribution in [0, 0.1) is 5.92 Å². The molecule has 1 aliphatic carbocycles. The van der Waals surface area contributed by atoms with Gasteiger partial charge >= 0.3 is 5.97 Å². The largest absolute Gasteiger partial charge is 0.505 e. The van der Waals surface area contributed by atoms with E-state index in [-0.39, 0.29) is 48.1 Å². The molecule has 2 aliphatic heterocycles. The molecule has 214 valence electrons. The van der Waals surface area contributed by atoms with Gasteiger partial charge in [-0.2, -0.15) is 0 Å². The quantitative estimate of drug-likeness (QED) is 0.339. The number of hydrogen-bond acceptors (Lipinski definition) is 7. The molecule has 41 heavy (non-hydrogen) atoms. The summed E-state index contributed by atoms with van der Waals surface area (Å²) in [6.07, 6.45) is 8.02. The molecular formula is C33H36N2O6. The molecular weight excluding hydrogens is 520 g/mol. The normalized spacial score (nSPS) is 18.6. The van der Waals surface area contributed by atoms with Crippen molar-refractivity contribution in [3.8, 4) is 17.2 Å². The van der Waals surface area contributed by atoms with Crippen molar-refractivity contribution in [3.05, 3.63) is 82.2 Å². The number of aromatic hydroxyl groups is 1. The number of nitrogens with zero attached hydrogens (tertiary/aromatic N) is 2. The molecule has 0 bridgehead atoms. The van der Waals surface area contributed by atoms with Gasteiger partial charge in [0.1, 0.15) is 5.56 Å². The van der Waals surface area contributed by atoms with Gasteiger partial charge in [0.25, 0.3) is 5.91 Å². The zero-order chi connectivity index (χ0) is 28.3. The van der Waals surface area contributed by atoms with Crippen molar-refractivity contribution in [3.63, 3.8) is 0 Å². The predicted molar refractivity (Wildman–Crippen MR) is 152 cm³/mol. The van der Waals surface area contributed by atoms with Crippen LogP contribution in [-0.4, -0.2) is 40.3 Å². The maximum Gasteiger partial charge on any atom is 0.342 e. The number of carbonyl (C=O) groups is 2. The Kier molecular flexibility index (Phi) is 7.81. The van der Waals surface area contributed by atoms with Gasteiger partial charge in [-0.05, 0) is 48.9 Å². The Morgan fingerprint density at radius 2 is 1.73 bits per heavy atom. The van der Waals surface area contributed by atoms with Crippen LogP contribution in [-0.2, 0) is 17.7 Å². The second-order valence-electron chi connectivity index (χ2n) is 11.1. The monoisotopic (exact) mass is 556 g/mol. The summed E-state index contributed by atoms with van der Waals surface area (Å²) < 4.78 is 16.5. The first-order valence-electron chi connectivity index (χ1n) is 14.7. The Morgan fingerprint density at radius 3 is 2.49 bits per heavy atom. The summed E-state index contributed by atoms with van der Waals surface area (Å²) in [5, 5.41) is 11.4. The average Bonchev–Trinajstić information content (AvgIpc) is 3.52. The van der Waals surface area contributed by atoms with Crippen LogP contribution in [0.2, 0.25) is 0 Å². The van der Waals surface area contributed by atoms with Crippen molar-refractivity contribution in [2.45, 2.75) is 70.9 Å². The van der Waals surface area contributed by atoms with Gasteiger partial charge in [-0.15, -0.1) is 0 Å². The lowest BCUT2D eigenvalue weighted by molar-refractivity contribution is 0.0512. The van der Waals surface area contributed by atoms with E-state index in [1.807, 2.05) is 53.4 Å². The van der Waals surface area contributed by atoms with Gasteiger partial charge in [0, 0.05) is 13.0 Å². The lowest BCUT2D eigenvalue weighted by Crippen LogP contribution is -2.32. The van der Waals surface area contributed by atoms with Crippen molar-refractivity contribution >= 4 is 11.9 Å². The summed E-state index contributed by atoms with van der Waals surface area (Å²) in [6, 6.07) is 15.1. The van der Waals surface area contributed by atoms with Crippen LogP contribution in [0.5, 0.6) is 17.2 Å². The van der Waals surface area contributed by atoms with Gasteiger partial charge in [0.15, 0.2) is 17.2 Å². The number of benzene rings is 2. The molecule has 0 saturated heterocycles. The van der Waals surface area contributed by atoms with E-state index >= 15 is 0 Å². The smallest absolute Gasteiger partial charge is 0.342 e. The van der Waals surface area contributed by atoms with Crippen molar-refractivity contribution in [1.82, 2.24) is 9.88 Å². The highest BCUT2D eigenvalue weighted by molar-refractivity contribution is 6.10. The molecule has 3 aromatic rings. The highest BCUT2D eigenvalue weighted by Crippen LogP contribution is 2.47. The molecule has 1 saturated carbocycles. The van der Waals surface area contributed by atoms with Crippen LogP contribution in [0.4, 0.5) is 0 Å². The summed E-state index contributed by atoms with van der Waals surface area (Å²) in [6.45, 7) is 2.34. The van der Waals surface area contributed by atoms with Crippen molar-refractivity contribution in [1.29, 1.82) is 0 Å². The van der Waals surface area contributed by atoms with Crippen LogP contribution < -0.4 is 9.47 Å². The first-order valence-corrected chi connectivity index (χ1v) is 14.7. The molecule has 1 aromatic heterocycles. The lowest BCUT2D eigenvalue weighted by Gasteiger charge is -2.33. The van der Waals surface area contributed by atoms with Crippen LogP contribution >= 0.6 is 0 Å². The first-order chi connectivity index (χ1) is 20.0. The summed E-state index contributed by atoms with van der Waals surface area (Å²) in [4.78, 5) is 34.5. The molecule has 3 heterocycles. The number of esters is 1. The first kappa shape index (κ1) is 27.1. The Bertz CT molecular complexity index is 1430. The van der Waals surface area contributed by atoms with Gasteiger partial charge in [-0.1, -0.05) is 68.5 Å². The molecule has 0 radical (unpaired) electrons. The van der Waals surface area contributed by atoms with Crippen molar-refractivity contribution < 1.29 is 28.9 Å². The number of amides is 1. The fourth-order valence-electron chi connectivity index (χ4n) is 6.49. The van der Waals surface area contributed by atoms with Crippen LogP contribution in [0.15, 0.2) is 48.5 Å². The van der Waals surface area contributed by atoms with E-state index in [0.29, 0.717) is 35.9 Å². The van der Waals surface area contributed by atoms with Crippen molar-refractivity contribution in [2.75, 3.05) is 13.4 Å². The van der Waals surface area contributed by atoms with E-state index in [2.05, 4.69) is 0 Å². The minimum atomic E-state index is -0.701. The highest BCUT2D eigenvalue weighted by atomic mass is 16.7. The molecule has 0 spiro atoms.